The van der Waals surface area contributed by atoms with Crippen LogP contribution in [-0.4, -0.2) is 5.48 Å². The molecule has 9 heteroatoms. The van der Waals surface area contributed by atoms with Gasteiger partial charge in [0.1, 0.15) is 0 Å². The first-order chi connectivity index (χ1) is 0. The van der Waals surface area contributed by atoms with Crippen molar-refractivity contribution in [2.45, 2.75) is 0 Å². The van der Waals surface area contributed by atoms with E-state index in [0.717, 1.165) is 0 Å². The van der Waals surface area contributed by atoms with Crippen LogP contribution in [0.1, 0.15) is 0 Å². The number of halogens is 5. The van der Waals surface area contributed by atoms with Crippen molar-refractivity contribution in [2.24, 2.45) is 0 Å². The Morgan fingerprint density at radius 1 is 0.444 bits per heavy atom. The van der Waals surface area contributed by atoms with Crippen LogP contribution in [0.2, 0.25) is 0 Å². The van der Waals surface area contributed by atoms with Crippen LogP contribution in [0.5, 0.6) is 0 Å². The van der Waals surface area contributed by atoms with Crippen LogP contribution in [-0.2, 0) is 19.5 Å². The van der Waals surface area contributed by atoms with Crippen LogP contribution in [0.4, 0.5) is 0 Å². The molecule has 0 rings (SSSR count). The summed E-state index contributed by atoms with van der Waals surface area (Å²) >= 11 is 0. The summed E-state index contributed by atoms with van der Waals surface area (Å²) in [5.41, 5.74) is 0. The Morgan fingerprint density at radius 2 is 0.444 bits per heavy atom. The fourth-order valence-corrected chi connectivity index (χ4v) is 0. The standard InChI is InChI=1S/5ClH.2K.H2O.Ru/h5*1H;;;1H2;/q;;;;;2*+1;;/p-5. The maximum Gasteiger partial charge on any atom is 1.00 e. The van der Waals surface area contributed by atoms with Crippen LogP contribution < -0.4 is 165 Å². The molecular weight excluding hydrogens is 373 g/mol. The zero-order chi connectivity index (χ0) is 0. The molecule has 0 aromatic carbocycles. The molecule has 0 saturated heterocycles. The molecule has 0 atom stereocenters. The fourth-order valence-electron chi connectivity index (χ4n) is 0. The normalized spacial score (nSPS) is 0. The summed E-state index contributed by atoms with van der Waals surface area (Å²) in [5.74, 6) is 0. The van der Waals surface area contributed by atoms with Gasteiger partial charge in [-0.05, 0) is 0 Å². The quantitative estimate of drug-likeness (QED) is 0.377. The monoisotopic (exact) mass is 373 g/mol. The molecule has 0 aromatic rings. The van der Waals surface area contributed by atoms with Crippen LogP contribution in [0.15, 0.2) is 0 Å². The topological polar surface area (TPSA) is 31.5 Å². The van der Waals surface area contributed by atoms with E-state index in [1.54, 1.807) is 0 Å². The van der Waals surface area contributed by atoms with E-state index in [2.05, 4.69) is 0 Å². The van der Waals surface area contributed by atoms with Gasteiger partial charge in [0.2, 0.25) is 0 Å². The van der Waals surface area contributed by atoms with Crippen LogP contribution in [0.25, 0.3) is 0 Å². The third-order valence-corrected chi connectivity index (χ3v) is 0. The van der Waals surface area contributed by atoms with Crippen molar-refractivity contribution >= 4 is 0 Å². The van der Waals surface area contributed by atoms with Gasteiger partial charge in [-0.15, -0.1) is 0 Å². The van der Waals surface area contributed by atoms with E-state index in [9.17, 15) is 0 Å². The molecule has 0 aromatic heterocycles. The molecule has 0 aliphatic rings. The van der Waals surface area contributed by atoms with E-state index in [0.29, 0.717) is 0 Å². The van der Waals surface area contributed by atoms with Gasteiger partial charge < -0.3 is 67.5 Å². The first kappa shape index (κ1) is 90.0. The molecule has 56 valence electrons. The molecular formula is H2Cl5K2ORu-3. The fraction of sp³-hybridized carbons (Fsp3) is 0. The summed E-state index contributed by atoms with van der Waals surface area (Å²) in [7, 11) is 0. The van der Waals surface area contributed by atoms with E-state index < -0.39 is 0 Å². The molecule has 0 aliphatic carbocycles. The van der Waals surface area contributed by atoms with E-state index in [1.807, 2.05) is 0 Å². The molecule has 0 saturated carbocycles. The second-order valence-corrected chi connectivity index (χ2v) is 0. The zero-order valence-corrected chi connectivity index (χ0v) is 16.5. The molecule has 1 nitrogen and oxygen atoms in total. The largest absolute Gasteiger partial charge is 1.00 e. The van der Waals surface area contributed by atoms with E-state index in [1.165, 1.54) is 0 Å². The Kier molecular flexibility index (Phi) is 715. The molecule has 0 heterocycles. The molecule has 0 aliphatic heterocycles. The SMILES string of the molecule is O.[Cl-].[Cl-].[Cl-].[Cl-].[Cl-].[K+].[K+].[Ru]. The molecule has 0 fully saturated rings. The van der Waals surface area contributed by atoms with Crippen molar-refractivity contribution in [1.82, 2.24) is 0 Å². The predicted molar refractivity (Wildman–Crippen MR) is 3.61 cm³/mol. The molecule has 2 N–H and O–H groups in total. The summed E-state index contributed by atoms with van der Waals surface area (Å²) in [6.45, 7) is 0. The molecule has 0 spiro atoms. The van der Waals surface area contributed by atoms with Gasteiger partial charge in [0.05, 0.1) is 0 Å². The van der Waals surface area contributed by atoms with Crippen LogP contribution >= 0.6 is 0 Å². The zero-order valence-electron chi connectivity index (χ0n) is 4.74. The van der Waals surface area contributed by atoms with Gasteiger partial charge in [-0.1, -0.05) is 0 Å². The van der Waals surface area contributed by atoms with Crippen molar-refractivity contribution in [3.8, 4) is 0 Å². The van der Waals surface area contributed by atoms with Gasteiger partial charge in [-0.25, -0.2) is 0 Å². The number of hydrogen-bond donors (Lipinski definition) is 0. The molecule has 0 radical (unpaired) electrons. The second kappa shape index (κ2) is 71.6. The first-order valence-corrected chi connectivity index (χ1v) is 0. The van der Waals surface area contributed by atoms with Crippen LogP contribution in [0, 0.1) is 0 Å². The van der Waals surface area contributed by atoms with Crippen molar-refractivity contribution < 1.29 is 190 Å². The average molecular weight is 375 g/mol. The van der Waals surface area contributed by atoms with Gasteiger partial charge in [0, 0.05) is 19.5 Å². The van der Waals surface area contributed by atoms with E-state index in [-0.39, 0.29) is 190 Å². The Bertz CT molecular complexity index is 14.9. The molecule has 0 bridgehead atoms. The Morgan fingerprint density at radius 3 is 0.444 bits per heavy atom. The first-order valence-electron chi connectivity index (χ1n) is 0. The summed E-state index contributed by atoms with van der Waals surface area (Å²) in [5, 5.41) is 0. The van der Waals surface area contributed by atoms with Gasteiger partial charge >= 0.3 is 103 Å². The predicted octanol–water partition coefficient (Wildman–Crippen LogP) is -21.8. The third kappa shape index (κ3) is 60.4. The third-order valence-electron chi connectivity index (χ3n) is 0. The van der Waals surface area contributed by atoms with Gasteiger partial charge in [0.15, 0.2) is 0 Å². The summed E-state index contributed by atoms with van der Waals surface area (Å²) in [6.07, 6.45) is 0. The minimum absolute atomic E-state index is 0. The average Bonchev–Trinajstić information content (AvgIpc) is 0. The van der Waals surface area contributed by atoms with Crippen molar-refractivity contribution in [1.29, 1.82) is 0 Å². The Labute approximate surface area is 184 Å². The molecule has 0 unspecified atom stereocenters. The van der Waals surface area contributed by atoms with Gasteiger partial charge in [-0.2, -0.15) is 0 Å². The van der Waals surface area contributed by atoms with Gasteiger partial charge in [0.25, 0.3) is 0 Å². The van der Waals surface area contributed by atoms with E-state index >= 15 is 0 Å². The minimum Gasteiger partial charge on any atom is -1.00 e. The summed E-state index contributed by atoms with van der Waals surface area (Å²) < 4.78 is 0. The maximum atomic E-state index is 0. The molecule has 9 heavy (non-hydrogen) atoms. The van der Waals surface area contributed by atoms with E-state index in [4.69, 9.17) is 0 Å². The summed E-state index contributed by atoms with van der Waals surface area (Å²) in [4.78, 5) is 0. The van der Waals surface area contributed by atoms with Crippen molar-refractivity contribution in [3.63, 3.8) is 0 Å². The Balaban J connectivity index is 0. The summed E-state index contributed by atoms with van der Waals surface area (Å²) in [6, 6.07) is 0. The number of hydrogen-bond acceptors (Lipinski definition) is 0. The van der Waals surface area contributed by atoms with Crippen molar-refractivity contribution in [2.75, 3.05) is 0 Å². The molecule has 0 amide bonds. The smallest absolute Gasteiger partial charge is 1.00 e. The van der Waals surface area contributed by atoms with Crippen molar-refractivity contribution in [3.05, 3.63) is 0 Å². The maximum absolute atomic E-state index is 0. The second-order valence-electron chi connectivity index (χ2n) is 0. The Hall–Kier alpha value is 5.31. The van der Waals surface area contributed by atoms with Gasteiger partial charge in [-0.3, -0.25) is 0 Å². The van der Waals surface area contributed by atoms with Crippen LogP contribution in [0.3, 0.4) is 0 Å². The minimum atomic E-state index is 0. The number of rotatable bonds is 0.